The van der Waals surface area contributed by atoms with Gasteiger partial charge in [0.1, 0.15) is 6.61 Å². The highest BCUT2D eigenvalue weighted by Gasteiger charge is 2.14. The van der Waals surface area contributed by atoms with E-state index in [4.69, 9.17) is 31.9 Å². The number of hydrogen-bond acceptors (Lipinski definition) is 5. The van der Waals surface area contributed by atoms with Crippen molar-refractivity contribution in [3.63, 3.8) is 0 Å². The second-order valence-corrected chi connectivity index (χ2v) is 8.17. The lowest BCUT2D eigenvalue weighted by atomic mass is 10.0. The molecule has 32 heavy (non-hydrogen) atoms. The number of nitrogens with zero attached hydrogens (tertiary/aromatic N) is 1. The molecule has 0 saturated carbocycles. The Labute approximate surface area is 193 Å². The SMILES string of the molecule is COc1cc(Cl)ccc1OCCN[C@H](C)Cc1cc(C(N)=O)c2c(ccn2CCCO)c1. The van der Waals surface area contributed by atoms with E-state index in [1.165, 1.54) is 0 Å². The highest BCUT2D eigenvalue weighted by atomic mass is 35.5. The summed E-state index contributed by atoms with van der Waals surface area (Å²) in [7, 11) is 1.58. The van der Waals surface area contributed by atoms with Crippen molar-refractivity contribution in [3.05, 3.63) is 58.7 Å². The maximum Gasteiger partial charge on any atom is 0.250 e. The van der Waals surface area contributed by atoms with Crippen LogP contribution in [-0.4, -0.2) is 48.5 Å². The number of benzene rings is 2. The molecular weight excluding hydrogens is 430 g/mol. The number of nitrogens with one attached hydrogen (secondary N) is 1. The summed E-state index contributed by atoms with van der Waals surface area (Å²) in [6.45, 7) is 3.94. The van der Waals surface area contributed by atoms with Gasteiger partial charge in [-0.05, 0) is 55.7 Å². The number of hydrogen-bond donors (Lipinski definition) is 3. The van der Waals surface area contributed by atoms with Crippen molar-refractivity contribution in [1.82, 2.24) is 9.88 Å². The molecule has 1 aromatic heterocycles. The minimum Gasteiger partial charge on any atom is -0.493 e. The van der Waals surface area contributed by atoms with Gasteiger partial charge in [-0.1, -0.05) is 11.6 Å². The first-order valence-corrected chi connectivity index (χ1v) is 11.0. The van der Waals surface area contributed by atoms with Crippen LogP contribution in [0.4, 0.5) is 0 Å². The zero-order valence-electron chi connectivity index (χ0n) is 18.4. The molecule has 1 atom stereocenters. The third-order valence-electron chi connectivity index (χ3n) is 5.26. The number of amides is 1. The molecule has 7 nitrogen and oxygen atoms in total. The van der Waals surface area contributed by atoms with Crippen molar-refractivity contribution in [3.8, 4) is 11.5 Å². The van der Waals surface area contributed by atoms with Gasteiger partial charge in [0.15, 0.2) is 11.5 Å². The van der Waals surface area contributed by atoms with Gasteiger partial charge in [0.2, 0.25) is 0 Å². The Morgan fingerprint density at radius 2 is 2.06 bits per heavy atom. The standard InChI is InChI=1S/C24H30ClN3O4/c1-16(27-7-11-32-21-5-4-19(25)15-22(21)31-2)12-17-13-18-6-9-28(8-3-10-29)23(18)20(14-17)24(26)30/h4-6,9,13-16,27,29H,3,7-8,10-12H2,1-2H3,(H2,26,30)/t16-/m1/s1. The van der Waals surface area contributed by atoms with Crippen molar-refractivity contribution >= 4 is 28.4 Å². The Morgan fingerprint density at radius 1 is 1.25 bits per heavy atom. The number of halogens is 1. The summed E-state index contributed by atoms with van der Waals surface area (Å²) in [6.07, 6.45) is 3.29. The Hall–Kier alpha value is -2.74. The number of carbonyl (C=O) groups excluding carboxylic acids is 1. The summed E-state index contributed by atoms with van der Waals surface area (Å²) in [5.41, 5.74) is 8.03. The summed E-state index contributed by atoms with van der Waals surface area (Å²) in [4.78, 5) is 12.1. The van der Waals surface area contributed by atoms with Gasteiger partial charge < -0.3 is 30.2 Å². The minimum atomic E-state index is -0.452. The van der Waals surface area contributed by atoms with Crippen LogP contribution < -0.4 is 20.5 Å². The van der Waals surface area contributed by atoms with Crippen LogP contribution in [0.2, 0.25) is 5.02 Å². The lowest BCUT2D eigenvalue weighted by molar-refractivity contribution is 0.100. The average molecular weight is 460 g/mol. The molecule has 0 unspecified atom stereocenters. The van der Waals surface area contributed by atoms with Gasteiger partial charge in [0, 0.05) is 48.4 Å². The number of primary amides is 1. The summed E-state index contributed by atoms with van der Waals surface area (Å²) in [5, 5.41) is 14.1. The molecule has 1 heterocycles. The molecule has 1 amide bonds. The van der Waals surface area contributed by atoms with Crippen LogP contribution in [-0.2, 0) is 13.0 Å². The van der Waals surface area contributed by atoms with Crippen molar-refractivity contribution in [2.45, 2.75) is 32.4 Å². The van der Waals surface area contributed by atoms with Gasteiger partial charge in [-0.15, -0.1) is 0 Å². The molecule has 0 saturated heterocycles. The lowest BCUT2D eigenvalue weighted by Crippen LogP contribution is -2.32. The molecule has 0 aliphatic heterocycles. The normalized spacial score (nSPS) is 12.1. The molecule has 0 bridgehead atoms. The fourth-order valence-corrected chi connectivity index (χ4v) is 3.96. The first-order valence-electron chi connectivity index (χ1n) is 10.6. The number of aryl methyl sites for hydroxylation is 1. The van der Waals surface area contributed by atoms with Crippen molar-refractivity contribution in [1.29, 1.82) is 0 Å². The molecule has 0 fully saturated rings. The topological polar surface area (TPSA) is 98.7 Å². The fourth-order valence-electron chi connectivity index (χ4n) is 3.80. The summed E-state index contributed by atoms with van der Waals surface area (Å²) in [6, 6.07) is 11.4. The Bertz CT molecular complexity index is 1070. The van der Waals surface area contributed by atoms with Gasteiger partial charge >= 0.3 is 0 Å². The van der Waals surface area contributed by atoms with E-state index in [0.29, 0.717) is 48.2 Å². The first-order chi connectivity index (χ1) is 15.4. The molecule has 0 radical (unpaired) electrons. The summed E-state index contributed by atoms with van der Waals surface area (Å²) in [5.74, 6) is 0.795. The largest absolute Gasteiger partial charge is 0.493 e. The van der Waals surface area contributed by atoms with Crippen LogP contribution in [0.25, 0.3) is 10.9 Å². The average Bonchev–Trinajstić information content (AvgIpc) is 3.18. The number of carbonyl (C=O) groups is 1. The van der Waals surface area contributed by atoms with Gasteiger partial charge in [0.25, 0.3) is 5.91 Å². The summed E-state index contributed by atoms with van der Waals surface area (Å²) < 4.78 is 13.1. The first kappa shape index (κ1) is 23.9. The van der Waals surface area contributed by atoms with Gasteiger partial charge in [0.05, 0.1) is 18.2 Å². The number of aliphatic hydroxyl groups excluding tert-OH is 1. The van der Waals surface area contributed by atoms with E-state index in [-0.39, 0.29) is 12.6 Å². The maximum atomic E-state index is 12.1. The molecule has 2 aromatic carbocycles. The molecule has 0 aliphatic carbocycles. The number of methoxy groups -OCH3 is 1. The molecule has 4 N–H and O–H groups in total. The number of ether oxygens (including phenoxy) is 2. The number of nitrogens with two attached hydrogens (primary N) is 1. The van der Waals surface area contributed by atoms with Crippen LogP contribution in [0.3, 0.4) is 0 Å². The fraction of sp³-hybridized carbons (Fsp3) is 0.375. The van der Waals surface area contributed by atoms with Crippen molar-refractivity contribution < 1.29 is 19.4 Å². The number of aliphatic hydroxyl groups is 1. The highest BCUT2D eigenvalue weighted by Crippen LogP contribution is 2.29. The second kappa shape index (κ2) is 11.2. The smallest absolute Gasteiger partial charge is 0.250 e. The quantitative estimate of drug-likeness (QED) is 0.360. The molecule has 172 valence electrons. The van der Waals surface area contributed by atoms with E-state index in [0.717, 1.165) is 22.9 Å². The number of aromatic nitrogens is 1. The minimum absolute atomic E-state index is 0.0986. The Morgan fingerprint density at radius 3 is 2.78 bits per heavy atom. The van der Waals surface area contributed by atoms with E-state index in [9.17, 15) is 4.79 Å². The van der Waals surface area contributed by atoms with Crippen molar-refractivity contribution in [2.24, 2.45) is 5.73 Å². The van der Waals surface area contributed by atoms with Crippen LogP contribution in [0.1, 0.15) is 29.3 Å². The highest BCUT2D eigenvalue weighted by molar-refractivity contribution is 6.30. The molecule has 3 rings (SSSR count). The Kier molecular flexibility index (Phi) is 8.39. The van der Waals surface area contributed by atoms with Crippen LogP contribution in [0.15, 0.2) is 42.6 Å². The molecular formula is C24H30ClN3O4. The van der Waals surface area contributed by atoms with E-state index >= 15 is 0 Å². The third-order valence-corrected chi connectivity index (χ3v) is 5.50. The van der Waals surface area contributed by atoms with E-state index in [1.807, 2.05) is 22.9 Å². The molecule has 0 aliphatic rings. The van der Waals surface area contributed by atoms with Gasteiger partial charge in [-0.25, -0.2) is 0 Å². The molecule has 8 heteroatoms. The molecule has 0 spiro atoms. The van der Waals surface area contributed by atoms with Crippen molar-refractivity contribution in [2.75, 3.05) is 26.9 Å². The molecule has 3 aromatic rings. The zero-order valence-corrected chi connectivity index (χ0v) is 19.2. The van der Waals surface area contributed by atoms with Crippen LogP contribution in [0.5, 0.6) is 11.5 Å². The predicted molar refractivity (Wildman–Crippen MR) is 127 cm³/mol. The summed E-state index contributed by atoms with van der Waals surface area (Å²) >= 11 is 5.98. The Balaban J connectivity index is 1.60. The third kappa shape index (κ3) is 5.94. The van der Waals surface area contributed by atoms with E-state index < -0.39 is 5.91 Å². The lowest BCUT2D eigenvalue weighted by Gasteiger charge is -2.16. The van der Waals surface area contributed by atoms with E-state index in [1.54, 1.807) is 25.3 Å². The van der Waals surface area contributed by atoms with Crippen LogP contribution in [0, 0.1) is 0 Å². The van der Waals surface area contributed by atoms with Gasteiger partial charge in [-0.2, -0.15) is 0 Å². The van der Waals surface area contributed by atoms with E-state index in [2.05, 4.69) is 18.3 Å². The zero-order chi connectivity index (χ0) is 23.1. The monoisotopic (exact) mass is 459 g/mol. The number of rotatable bonds is 12. The van der Waals surface area contributed by atoms with Crippen LogP contribution >= 0.6 is 11.6 Å². The predicted octanol–water partition coefficient (Wildman–Crippen LogP) is 3.38. The number of fused-ring (bicyclic) bond motifs is 1. The maximum absolute atomic E-state index is 12.1. The van der Waals surface area contributed by atoms with Gasteiger partial charge in [-0.3, -0.25) is 4.79 Å². The second-order valence-electron chi connectivity index (χ2n) is 7.73.